The minimum Gasteiger partial charge on any atom is -0.454 e. The number of benzene rings is 2. The van der Waals surface area contributed by atoms with Crippen LogP contribution in [0.25, 0.3) is 0 Å². The SMILES string of the molecule is NC1=NC(=Nc2ccc3c(c2)OCO3)c2ccccc21. The molecule has 0 saturated carbocycles. The van der Waals surface area contributed by atoms with Crippen LogP contribution in [0.3, 0.4) is 0 Å². The first-order valence-electron chi connectivity index (χ1n) is 6.23. The van der Waals surface area contributed by atoms with E-state index in [4.69, 9.17) is 15.2 Å². The lowest BCUT2D eigenvalue weighted by atomic mass is 10.1. The van der Waals surface area contributed by atoms with Gasteiger partial charge in [0.05, 0.1) is 5.69 Å². The molecule has 2 aliphatic heterocycles. The van der Waals surface area contributed by atoms with Crippen LogP contribution in [0, 0.1) is 0 Å². The Kier molecular flexibility index (Phi) is 2.26. The predicted molar refractivity (Wildman–Crippen MR) is 75.9 cm³/mol. The van der Waals surface area contributed by atoms with E-state index in [2.05, 4.69) is 9.98 Å². The molecule has 0 unspecified atom stereocenters. The Morgan fingerprint density at radius 1 is 1.00 bits per heavy atom. The minimum atomic E-state index is 0.253. The van der Waals surface area contributed by atoms with Gasteiger partial charge in [-0.15, -0.1) is 0 Å². The molecule has 2 N–H and O–H groups in total. The number of hydrogen-bond acceptors (Lipinski definition) is 4. The number of rotatable bonds is 1. The molecule has 0 atom stereocenters. The van der Waals surface area contributed by atoms with Crippen LogP contribution in [0.15, 0.2) is 52.4 Å². The molecule has 5 nitrogen and oxygen atoms in total. The van der Waals surface area contributed by atoms with Crippen molar-refractivity contribution >= 4 is 17.4 Å². The van der Waals surface area contributed by atoms with E-state index in [-0.39, 0.29) is 6.79 Å². The van der Waals surface area contributed by atoms with Gasteiger partial charge in [0.1, 0.15) is 5.84 Å². The van der Waals surface area contributed by atoms with Gasteiger partial charge in [0, 0.05) is 17.2 Å². The van der Waals surface area contributed by atoms with Crippen LogP contribution < -0.4 is 15.2 Å². The van der Waals surface area contributed by atoms with Crippen molar-refractivity contribution in [1.29, 1.82) is 0 Å². The molecule has 0 aliphatic carbocycles. The number of nitrogens with zero attached hydrogens (tertiary/aromatic N) is 2. The van der Waals surface area contributed by atoms with Gasteiger partial charge in [0.2, 0.25) is 6.79 Å². The smallest absolute Gasteiger partial charge is 0.231 e. The molecule has 0 aromatic heterocycles. The Balaban J connectivity index is 1.79. The summed E-state index contributed by atoms with van der Waals surface area (Å²) in [6, 6.07) is 13.3. The molecule has 2 aliphatic rings. The van der Waals surface area contributed by atoms with Gasteiger partial charge in [0.25, 0.3) is 0 Å². The molecule has 2 aromatic rings. The zero-order valence-electron chi connectivity index (χ0n) is 10.5. The molecule has 0 amide bonds. The molecule has 4 rings (SSSR count). The number of fused-ring (bicyclic) bond motifs is 2. The molecular formula is C15H11N3O2. The number of nitrogens with two attached hydrogens (primary N) is 1. The van der Waals surface area contributed by atoms with Crippen molar-refractivity contribution in [3.63, 3.8) is 0 Å². The summed E-state index contributed by atoms with van der Waals surface area (Å²) in [5, 5.41) is 0. The molecule has 0 bridgehead atoms. The average molecular weight is 265 g/mol. The topological polar surface area (TPSA) is 69.2 Å². The molecule has 5 heteroatoms. The van der Waals surface area contributed by atoms with Crippen LogP contribution in [-0.4, -0.2) is 18.5 Å². The Bertz CT molecular complexity index is 765. The molecule has 0 spiro atoms. The normalized spacial score (nSPS) is 17.2. The molecule has 20 heavy (non-hydrogen) atoms. The van der Waals surface area contributed by atoms with Gasteiger partial charge in [0.15, 0.2) is 17.3 Å². The van der Waals surface area contributed by atoms with Crippen molar-refractivity contribution in [2.24, 2.45) is 15.7 Å². The van der Waals surface area contributed by atoms with Crippen molar-refractivity contribution in [3.8, 4) is 11.5 Å². The Hall–Kier alpha value is -2.82. The Morgan fingerprint density at radius 3 is 2.70 bits per heavy atom. The lowest BCUT2D eigenvalue weighted by Gasteiger charge is -2.00. The number of amidine groups is 2. The third kappa shape index (κ3) is 1.64. The standard InChI is InChI=1S/C15H11N3O2/c16-14-10-3-1-2-4-11(10)15(18-14)17-9-5-6-12-13(7-9)20-8-19-12/h1-7H,8H2,(H2,16,17,18). The predicted octanol–water partition coefficient (Wildman–Crippen LogP) is 2.21. The summed E-state index contributed by atoms with van der Waals surface area (Å²) in [7, 11) is 0. The highest BCUT2D eigenvalue weighted by molar-refractivity contribution is 6.22. The lowest BCUT2D eigenvalue weighted by Crippen LogP contribution is -2.09. The van der Waals surface area contributed by atoms with E-state index < -0.39 is 0 Å². The molecule has 98 valence electrons. The molecular weight excluding hydrogens is 254 g/mol. The Labute approximate surface area is 115 Å². The highest BCUT2D eigenvalue weighted by Crippen LogP contribution is 2.35. The van der Waals surface area contributed by atoms with E-state index in [0.29, 0.717) is 17.4 Å². The van der Waals surface area contributed by atoms with Gasteiger partial charge in [-0.25, -0.2) is 9.98 Å². The van der Waals surface area contributed by atoms with Gasteiger partial charge in [-0.1, -0.05) is 24.3 Å². The maximum Gasteiger partial charge on any atom is 0.231 e. The minimum absolute atomic E-state index is 0.253. The maximum absolute atomic E-state index is 5.91. The van der Waals surface area contributed by atoms with Gasteiger partial charge in [-0.2, -0.15) is 0 Å². The Morgan fingerprint density at radius 2 is 1.80 bits per heavy atom. The average Bonchev–Trinajstić information content (AvgIpc) is 3.05. The lowest BCUT2D eigenvalue weighted by molar-refractivity contribution is 0.174. The van der Waals surface area contributed by atoms with E-state index in [1.165, 1.54) is 0 Å². The molecule has 0 saturated heterocycles. The van der Waals surface area contributed by atoms with Crippen LogP contribution in [-0.2, 0) is 0 Å². The van der Waals surface area contributed by atoms with Crippen molar-refractivity contribution in [2.75, 3.05) is 6.79 Å². The second-order valence-electron chi connectivity index (χ2n) is 4.52. The van der Waals surface area contributed by atoms with Gasteiger partial charge in [-0.3, -0.25) is 0 Å². The first kappa shape index (κ1) is 11.0. The van der Waals surface area contributed by atoms with Gasteiger partial charge >= 0.3 is 0 Å². The highest BCUT2D eigenvalue weighted by Gasteiger charge is 2.19. The second-order valence-corrected chi connectivity index (χ2v) is 4.52. The first-order chi connectivity index (χ1) is 9.81. The van der Waals surface area contributed by atoms with E-state index in [1.54, 1.807) is 0 Å². The largest absolute Gasteiger partial charge is 0.454 e. The second kappa shape index (κ2) is 4.09. The monoisotopic (exact) mass is 265 g/mol. The van der Waals surface area contributed by atoms with Crippen molar-refractivity contribution in [2.45, 2.75) is 0 Å². The molecule has 0 radical (unpaired) electrons. The summed E-state index contributed by atoms with van der Waals surface area (Å²) >= 11 is 0. The van der Waals surface area contributed by atoms with Crippen LogP contribution in [0.4, 0.5) is 5.69 Å². The fraction of sp³-hybridized carbons (Fsp3) is 0.0667. The molecule has 0 fully saturated rings. The zero-order valence-corrected chi connectivity index (χ0v) is 10.5. The summed E-state index contributed by atoms with van der Waals surface area (Å²) in [6.45, 7) is 0.253. The third-order valence-electron chi connectivity index (χ3n) is 3.26. The molecule has 2 aromatic carbocycles. The van der Waals surface area contributed by atoms with Gasteiger partial charge < -0.3 is 15.2 Å². The van der Waals surface area contributed by atoms with E-state index in [1.807, 2.05) is 42.5 Å². The van der Waals surface area contributed by atoms with Crippen molar-refractivity contribution in [3.05, 3.63) is 53.6 Å². The van der Waals surface area contributed by atoms with Crippen molar-refractivity contribution in [1.82, 2.24) is 0 Å². The van der Waals surface area contributed by atoms with Gasteiger partial charge in [-0.05, 0) is 12.1 Å². The summed E-state index contributed by atoms with van der Waals surface area (Å²) in [5.74, 6) is 2.57. The number of ether oxygens (including phenoxy) is 2. The number of aliphatic imine (C=N–C) groups is 2. The van der Waals surface area contributed by atoms with Crippen LogP contribution >= 0.6 is 0 Å². The van der Waals surface area contributed by atoms with Crippen molar-refractivity contribution < 1.29 is 9.47 Å². The summed E-state index contributed by atoms with van der Waals surface area (Å²) in [6.07, 6.45) is 0. The van der Waals surface area contributed by atoms with E-state index in [9.17, 15) is 0 Å². The summed E-state index contributed by atoms with van der Waals surface area (Å²) < 4.78 is 10.6. The van der Waals surface area contributed by atoms with Crippen LogP contribution in [0.5, 0.6) is 11.5 Å². The quantitative estimate of drug-likeness (QED) is 0.859. The fourth-order valence-corrected chi connectivity index (χ4v) is 2.30. The summed E-state index contributed by atoms with van der Waals surface area (Å²) in [4.78, 5) is 8.86. The third-order valence-corrected chi connectivity index (χ3v) is 3.26. The maximum atomic E-state index is 5.91. The summed E-state index contributed by atoms with van der Waals surface area (Å²) in [5.41, 5.74) is 8.54. The molecule has 2 heterocycles. The van der Waals surface area contributed by atoms with E-state index in [0.717, 1.165) is 22.6 Å². The number of hydrogen-bond donors (Lipinski definition) is 1. The first-order valence-corrected chi connectivity index (χ1v) is 6.23. The van der Waals surface area contributed by atoms with E-state index >= 15 is 0 Å². The fourth-order valence-electron chi connectivity index (χ4n) is 2.30. The van der Waals surface area contributed by atoms with Crippen LogP contribution in [0.2, 0.25) is 0 Å². The van der Waals surface area contributed by atoms with Crippen LogP contribution in [0.1, 0.15) is 11.1 Å². The highest BCUT2D eigenvalue weighted by atomic mass is 16.7. The zero-order chi connectivity index (χ0) is 13.5.